The lowest BCUT2D eigenvalue weighted by Gasteiger charge is -2.21. The van der Waals surface area contributed by atoms with Crippen molar-refractivity contribution in [2.45, 2.75) is 25.9 Å². The molecule has 0 saturated carbocycles. The van der Waals surface area contributed by atoms with Gasteiger partial charge in [-0.05, 0) is 49.2 Å². The first-order valence-electron chi connectivity index (χ1n) is 6.44. The molecule has 0 aliphatic heterocycles. The number of rotatable bonds is 4. The standard InChI is InChI=1S/C16H16Cl2FN/c1-10(12-4-3-5-14(19)8-12)20-11(2)13-6-7-15(17)16(18)9-13/h3-11,20H,1-2H3/t10-,11?/m1/s1. The second kappa shape index (κ2) is 6.57. The molecule has 106 valence electrons. The summed E-state index contributed by atoms with van der Waals surface area (Å²) in [6.07, 6.45) is 0. The van der Waals surface area contributed by atoms with Crippen LogP contribution in [0, 0.1) is 5.82 Å². The van der Waals surface area contributed by atoms with Crippen LogP contribution in [0.25, 0.3) is 0 Å². The van der Waals surface area contributed by atoms with Gasteiger partial charge in [0, 0.05) is 12.1 Å². The molecule has 2 aromatic rings. The van der Waals surface area contributed by atoms with Gasteiger partial charge in [0.1, 0.15) is 5.82 Å². The van der Waals surface area contributed by atoms with Crippen LogP contribution in [0.3, 0.4) is 0 Å². The van der Waals surface area contributed by atoms with E-state index in [1.165, 1.54) is 6.07 Å². The quantitative estimate of drug-likeness (QED) is 0.781. The molecule has 0 aliphatic rings. The monoisotopic (exact) mass is 311 g/mol. The van der Waals surface area contributed by atoms with Crippen molar-refractivity contribution < 1.29 is 4.39 Å². The molecule has 2 rings (SSSR count). The lowest BCUT2D eigenvalue weighted by molar-refractivity contribution is 0.492. The van der Waals surface area contributed by atoms with Crippen LogP contribution in [0.5, 0.6) is 0 Å². The van der Waals surface area contributed by atoms with Crippen LogP contribution in [-0.4, -0.2) is 0 Å². The van der Waals surface area contributed by atoms with Crippen LogP contribution in [0.2, 0.25) is 10.0 Å². The molecule has 0 amide bonds. The van der Waals surface area contributed by atoms with Crippen molar-refractivity contribution in [1.29, 1.82) is 0 Å². The third-order valence-corrected chi connectivity index (χ3v) is 4.03. The van der Waals surface area contributed by atoms with Gasteiger partial charge in [-0.1, -0.05) is 41.4 Å². The van der Waals surface area contributed by atoms with Crippen LogP contribution in [-0.2, 0) is 0 Å². The van der Waals surface area contributed by atoms with Gasteiger partial charge in [-0.2, -0.15) is 0 Å². The summed E-state index contributed by atoms with van der Waals surface area (Å²) in [7, 11) is 0. The van der Waals surface area contributed by atoms with Gasteiger partial charge in [0.15, 0.2) is 0 Å². The Morgan fingerprint density at radius 3 is 2.15 bits per heavy atom. The highest BCUT2D eigenvalue weighted by Crippen LogP contribution is 2.27. The molecule has 0 aromatic heterocycles. The molecule has 0 aliphatic carbocycles. The number of halogens is 3. The second-order valence-corrected chi connectivity index (χ2v) is 5.65. The maximum absolute atomic E-state index is 13.2. The molecule has 0 radical (unpaired) electrons. The molecule has 4 heteroatoms. The Morgan fingerprint density at radius 1 is 0.900 bits per heavy atom. The van der Waals surface area contributed by atoms with E-state index < -0.39 is 0 Å². The van der Waals surface area contributed by atoms with Crippen molar-refractivity contribution in [3.05, 3.63) is 69.5 Å². The summed E-state index contributed by atoms with van der Waals surface area (Å²) < 4.78 is 13.2. The fourth-order valence-electron chi connectivity index (χ4n) is 2.13. The molecule has 1 nitrogen and oxygen atoms in total. The highest BCUT2D eigenvalue weighted by atomic mass is 35.5. The van der Waals surface area contributed by atoms with Gasteiger partial charge in [-0.3, -0.25) is 0 Å². The number of nitrogens with one attached hydrogen (secondary N) is 1. The largest absolute Gasteiger partial charge is 0.304 e. The first-order chi connectivity index (χ1) is 9.47. The molecular weight excluding hydrogens is 296 g/mol. The molecule has 2 atom stereocenters. The lowest BCUT2D eigenvalue weighted by Crippen LogP contribution is -2.22. The van der Waals surface area contributed by atoms with Crippen LogP contribution in [0.1, 0.15) is 37.1 Å². The first-order valence-corrected chi connectivity index (χ1v) is 7.19. The predicted octanol–water partition coefficient (Wildman–Crippen LogP) is 5.54. The van der Waals surface area contributed by atoms with Crippen LogP contribution in [0.4, 0.5) is 4.39 Å². The zero-order chi connectivity index (χ0) is 14.7. The average Bonchev–Trinajstić information content (AvgIpc) is 2.41. The van der Waals surface area contributed by atoms with Gasteiger partial charge in [0.2, 0.25) is 0 Å². The Morgan fingerprint density at radius 2 is 1.55 bits per heavy atom. The van der Waals surface area contributed by atoms with Crippen LogP contribution in [0.15, 0.2) is 42.5 Å². The molecule has 0 heterocycles. The topological polar surface area (TPSA) is 12.0 Å². The molecule has 0 saturated heterocycles. The normalized spacial score (nSPS) is 14.1. The highest BCUT2D eigenvalue weighted by molar-refractivity contribution is 6.42. The summed E-state index contributed by atoms with van der Waals surface area (Å²) in [5.74, 6) is -0.224. The number of benzene rings is 2. The van der Waals surface area contributed by atoms with E-state index in [2.05, 4.69) is 5.32 Å². The summed E-state index contributed by atoms with van der Waals surface area (Å²) in [4.78, 5) is 0. The molecule has 2 aromatic carbocycles. The minimum absolute atomic E-state index is 0.0372. The maximum Gasteiger partial charge on any atom is 0.123 e. The Bertz CT molecular complexity index is 601. The molecule has 1 unspecified atom stereocenters. The molecule has 20 heavy (non-hydrogen) atoms. The average molecular weight is 312 g/mol. The molecule has 1 N–H and O–H groups in total. The Balaban J connectivity index is 2.10. The van der Waals surface area contributed by atoms with Crippen molar-refractivity contribution in [2.24, 2.45) is 0 Å². The Hall–Kier alpha value is -1.09. The van der Waals surface area contributed by atoms with Gasteiger partial charge < -0.3 is 5.32 Å². The summed E-state index contributed by atoms with van der Waals surface area (Å²) in [6, 6.07) is 12.3. The van der Waals surface area contributed by atoms with Crippen LogP contribution >= 0.6 is 23.2 Å². The van der Waals surface area contributed by atoms with E-state index in [4.69, 9.17) is 23.2 Å². The van der Waals surface area contributed by atoms with E-state index in [-0.39, 0.29) is 17.9 Å². The summed E-state index contributed by atoms with van der Waals surface area (Å²) in [6.45, 7) is 4.04. The van der Waals surface area contributed by atoms with Crippen molar-refractivity contribution >= 4 is 23.2 Å². The molecule has 0 bridgehead atoms. The van der Waals surface area contributed by atoms with E-state index in [0.717, 1.165) is 11.1 Å². The smallest absolute Gasteiger partial charge is 0.123 e. The van der Waals surface area contributed by atoms with E-state index >= 15 is 0 Å². The van der Waals surface area contributed by atoms with Crippen LogP contribution < -0.4 is 5.32 Å². The van der Waals surface area contributed by atoms with Gasteiger partial charge in [-0.15, -0.1) is 0 Å². The molecule has 0 spiro atoms. The third kappa shape index (κ3) is 3.72. The maximum atomic E-state index is 13.2. The highest BCUT2D eigenvalue weighted by Gasteiger charge is 2.12. The van der Waals surface area contributed by atoms with Gasteiger partial charge >= 0.3 is 0 Å². The zero-order valence-electron chi connectivity index (χ0n) is 11.3. The SMILES string of the molecule is CC(N[C@H](C)c1cccc(F)c1)c1ccc(Cl)c(Cl)c1. The van der Waals surface area contributed by atoms with E-state index in [1.54, 1.807) is 18.2 Å². The fourth-order valence-corrected chi connectivity index (χ4v) is 2.43. The summed E-state index contributed by atoms with van der Waals surface area (Å²) in [5.41, 5.74) is 1.96. The Kier molecular flexibility index (Phi) is 5.03. The predicted molar refractivity (Wildman–Crippen MR) is 82.8 cm³/mol. The Labute approximate surface area is 128 Å². The molecule has 0 fully saturated rings. The second-order valence-electron chi connectivity index (χ2n) is 4.84. The third-order valence-electron chi connectivity index (χ3n) is 3.29. The summed E-state index contributed by atoms with van der Waals surface area (Å²) in [5, 5.41) is 4.50. The van der Waals surface area contributed by atoms with Gasteiger partial charge in [-0.25, -0.2) is 4.39 Å². The lowest BCUT2D eigenvalue weighted by atomic mass is 10.0. The van der Waals surface area contributed by atoms with Crippen molar-refractivity contribution in [3.63, 3.8) is 0 Å². The van der Waals surface area contributed by atoms with Gasteiger partial charge in [0.05, 0.1) is 10.0 Å². The number of hydrogen-bond acceptors (Lipinski definition) is 1. The minimum atomic E-state index is -0.224. The summed E-state index contributed by atoms with van der Waals surface area (Å²) >= 11 is 11.9. The fraction of sp³-hybridized carbons (Fsp3) is 0.250. The van der Waals surface area contributed by atoms with E-state index in [0.29, 0.717) is 10.0 Å². The minimum Gasteiger partial charge on any atom is -0.304 e. The van der Waals surface area contributed by atoms with E-state index in [9.17, 15) is 4.39 Å². The zero-order valence-corrected chi connectivity index (χ0v) is 12.8. The molecular formula is C16H16Cl2FN. The van der Waals surface area contributed by atoms with Crippen molar-refractivity contribution in [1.82, 2.24) is 5.32 Å². The first kappa shape index (κ1) is 15.3. The van der Waals surface area contributed by atoms with Gasteiger partial charge in [0.25, 0.3) is 0 Å². The number of hydrogen-bond donors (Lipinski definition) is 1. The van der Waals surface area contributed by atoms with Crippen molar-refractivity contribution in [2.75, 3.05) is 0 Å². The van der Waals surface area contributed by atoms with Crippen molar-refractivity contribution in [3.8, 4) is 0 Å². The van der Waals surface area contributed by atoms with E-state index in [1.807, 2.05) is 32.0 Å².